The third kappa shape index (κ3) is 4.02. The first kappa shape index (κ1) is 21.0. The van der Waals surface area contributed by atoms with Crippen LogP contribution in [0.5, 0.6) is 5.75 Å². The monoisotopic (exact) mass is 398 g/mol. The third-order valence-corrected chi connectivity index (χ3v) is 3.95. The molecule has 0 aromatic heterocycles. The Morgan fingerprint density at radius 2 is 1.70 bits per heavy atom. The number of aryl methyl sites for hydroxylation is 3. The molecule has 1 aliphatic heterocycles. The molecule has 150 valence electrons. The molecule has 1 N–H and O–H groups in total. The van der Waals surface area contributed by atoms with E-state index in [1.807, 2.05) is 0 Å². The van der Waals surface area contributed by atoms with Crippen LogP contribution in [0.15, 0.2) is 17.2 Å². The Labute approximate surface area is 150 Å². The fraction of sp³-hybridized carbons (Fsp3) is 0.500. The summed E-state index contributed by atoms with van der Waals surface area (Å²) in [5.41, 5.74) is -3.93. The van der Waals surface area contributed by atoms with Crippen molar-refractivity contribution in [1.29, 1.82) is 0 Å². The van der Waals surface area contributed by atoms with Gasteiger partial charge in [0.15, 0.2) is 6.61 Å². The smallest absolute Gasteiger partial charge is 0.438 e. The fourth-order valence-electron chi connectivity index (χ4n) is 2.78. The lowest BCUT2D eigenvalue weighted by molar-refractivity contribution is -0.302. The molecule has 1 heterocycles. The molecule has 0 aliphatic carbocycles. The SMILES string of the molecule is Cc1cc(C)c(OCC(=O)N2N=C(C(F)(F)F)C[C@@]2(O)C(F)(F)F)c(C)c1. The van der Waals surface area contributed by atoms with Gasteiger partial charge in [-0.3, -0.25) is 4.79 Å². The van der Waals surface area contributed by atoms with Crippen LogP contribution >= 0.6 is 0 Å². The Bertz CT molecular complexity index is 764. The first-order valence-electron chi connectivity index (χ1n) is 7.64. The molecule has 0 spiro atoms. The molecule has 0 radical (unpaired) electrons. The van der Waals surface area contributed by atoms with E-state index < -0.39 is 47.7 Å². The van der Waals surface area contributed by atoms with Crippen molar-refractivity contribution in [3.05, 3.63) is 28.8 Å². The van der Waals surface area contributed by atoms with E-state index in [2.05, 4.69) is 5.10 Å². The van der Waals surface area contributed by atoms with Gasteiger partial charge in [-0.1, -0.05) is 17.7 Å². The number of hydrogen-bond donors (Lipinski definition) is 1. The van der Waals surface area contributed by atoms with Gasteiger partial charge in [-0.15, -0.1) is 0 Å². The molecule has 2 rings (SSSR count). The highest BCUT2D eigenvalue weighted by atomic mass is 19.4. The number of carbonyl (C=O) groups excluding carboxylic acids is 1. The number of rotatable bonds is 3. The van der Waals surface area contributed by atoms with Crippen LogP contribution in [0.25, 0.3) is 0 Å². The topological polar surface area (TPSA) is 62.1 Å². The summed E-state index contributed by atoms with van der Waals surface area (Å²) in [7, 11) is 0. The molecule has 27 heavy (non-hydrogen) atoms. The van der Waals surface area contributed by atoms with Gasteiger partial charge in [0.05, 0.1) is 6.42 Å². The van der Waals surface area contributed by atoms with Crippen LogP contribution in [0.2, 0.25) is 0 Å². The highest BCUT2D eigenvalue weighted by molar-refractivity contribution is 5.94. The van der Waals surface area contributed by atoms with Crippen molar-refractivity contribution in [1.82, 2.24) is 5.01 Å². The quantitative estimate of drug-likeness (QED) is 0.794. The number of halogens is 6. The van der Waals surface area contributed by atoms with Crippen LogP contribution in [0, 0.1) is 20.8 Å². The van der Waals surface area contributed by atoms with Crippen LogP contribution in [-0.2, 0) is 4.79 Å². The Morgan fingerprint density at radius 1 is 1.19 bits per heavy atom. The molecule has 1 amide bonds. The summed E-state index contributed by atoms with van der Waals surface area (Å²) in [6.45, 7) is 4.05. The average molecular weight is 398 g/mol. The lowest BCUT2D eigenvalue weighted by Gasteiger charge is -2.32. The zero-order valence-electron chi connectivity index (χ0n) is 14.5. The molecule has 0 saturated carbocycles. The van der Waals surface area contributed by atoms with Crippen molar-refractivity contribution in [2.24, 2.45) is 5.10 Å². The molecular formula is C16H16F6N2O3. The summed E-state index contributed by atoms with van der Waals surface area (Å²) in [5, 5.41) is 11.8. The zero-order chi connectivity index (χ0) is 20.8. The van der Waals surface area contributed by atoms with Gasteiger partial charge in [-0.25, -0.2) is 0 Å². The lowest BCUT2D eigenvalue weighted by Crippen LogP contribution is -2.57. The summed E-state index contributed by atoms with van der Waals surface area (Å²) in [4.78, 5) is 12.1. The maximum absolute atomic E-state index is 13.1. The highest BCUT2D eigenvalue weighted by Crippen LogP contribution is 2.43. The molecule has 1 aliphatic rings. The van der Waals surface area contributed by atoms with E-state index in [0.29, 0.717) is 11.1 Å². The Hall–Kier alpha value is -2.30. The number of aliphatic hydroxyl groups is 1. The van der Waals surface area contributed by atoms with Crippen LogP contribution in [0.3, 0.4) is 0 Å². The number of amides is 1. The van der Waals surface area contributed by atoms with E-state index >= 15 is 0 Å². The molecule has 11 heteroatoms. The van der Waals surface area contributed by atoms with Crippen LogP contribution in [-0.4, -0.2) is 46.4 Å². The van der Waals surface area contributed by atoms with Crippen molar-refractivity contribution in [2.75, 3.05) is 6.61 Å². The van der Waals surface area contributed by atoms with Gasteiger partial charge in [-0.2, -0.15) is 36.5 Å². The number of nitrogens with zero attached hydrogens (tertiary/aromatic N) is 2. The predicted molar refractivity (Wildman–Crippen MR) is 82.1 cm³/mol. The first-order chi connectivity index (χ1) is 12.2. The maximum atomic E-state index is 13.1. The van der Waals surface area contributed by atoms with Gasteiger partial charge in [0.25, 0.3) is 11.6 Å². The molecule has 0 saturated heterocycles. The number of alkyl halides is 6. The Balaban J connectivity index is 2.28. The molecule has 1 aromatic carbocycles. The van der Waals surface area contributed by atoms with Crippen molar-refractivity contribution in [3.63, 3.8) is 0 Å². The lowest BCUT2D eigenvalue weighted by atomic mass is 10.1. The number of hydrazone groups is 1. The largest absolute Gasteiger partial charge is 0.483 e. The summed E-state index contributed by atoms with van der Waals surface area (Å²) >= 11 is 0. The van der Waals surface area contributed by atoms with Gasteiger partial charge >= 0.3 is 12.4 Å². The number of benzene rings is 1. The normalized spacial score (nSPS) is 20.7. The van der Waals surface area contributed by atoms with E-state index in [1.165, 1.54) is 0 Å². The first-order valence-corrected chi connectivity index (χ1v) is 7.64. The minimum absolute atomic E-state index is 0.212. The van der Waals surface area contributed by atoms with E-state index in [4.69, 9.17) is 4.74 Å². The van der Waals surface area contributed by atoms with Crippen molar-refractivity contribution >= 4 is 11.6 Å². The van der Waals surface area contributed by atoms with Crippen LogP contribution < -0.4 is 4.74 Å². The Kier molecular flexibility index (Phi) is 5.21. The molecular weight excluding hydrogens is 382 g/mol. The van der Waals surface area contributed by atoms with E-state index in [-0.39, 0.29) is 5.75 Å². The summed E-state index contributed by atoms with van der Waals surface area (Å²) < 4.78 is 82.8. The maximum Gasteiger partial charge on any atom is 0.438 e. The van der Waals surface area contributed by atoms with Gasteiger partial charge in [0, 0.05) is 0 Å². The van der Waals surface area contributed by atoms with Gasteiger partial charge in [0.2, 0.25) is 0 Å². The summed E-state index contributed by atoms with van der Waals surface area (Å²) in [6.07, 6.45) is -12.7. The zero-order valence-corrected chi connectivity index (χ0v) is 14.5. The predicted octanol–water partition coefficient (Wildman–Crippen LogP) is 3.39. The molecule has 1 atom stereocenters. The van der Waals surface area contributed by atoms with Crippen LogP contribution in [0.1, 0.15) is 23.1 Å². The van der Waals surface area contributed by atoms with Gasteiger partial charge in [0.1, 0.15) is 11.5 Å². The minimum Gasteiger partial charge on any atom is -0.483 e. The van der Waals surface area contributed by atoms with E-state index in [0.717, 1.165) is 5.56 Å². The molecule has 0 unspecified atom stereocenters. The number of ether oxygens (including phenoxy) is 1. The highest BCUT2D eigenvalue weighted by Gasteiger charge is 2.66. The van der Waals surface area contributed by atoms with E-state index in [9.17, 15) is 36.2 Å². The fourth-order valence-corrected chi connectivity index (χ4v) is 2.78. The average Bonchev–Trinajstić information content (AvgIpc) is 2.85. The van der Waals surface area contributed by atoms with Crippen molar-refractivity contribution in [3.8, 4) is 5.75 Å². The standard InChI is InChI=1S/C16H16F6N2O3/c1-8-4-9(2)13(10(3)5-8)27-7-12(25)24-14(26,16(20,21)22)6-11(23-24)15(17,18)19/h4-5,26H,6-7H2,1-3H3/t14-/m1/s1. The van der Waals surface area contributed by atoms with Crippen molar-refractivity contribution in [2.45, 2.75) is 45.3 Å². The molecule has 1 aromatic rings. The van der Waals surface area contributed by atoms with Crippen molar-refractivity contribution < 1.29 is 41.0 Å². The second kappa shape index (κ2) is 6.70. The third-order valence-electron chi connectivity index (χ3n) is 3.95. The van der Waals surface area contributed by atoms with Gasteiger partial charge in [-0.05, 0) is 31.9 Å². The summed E-state index contributed by atoms with van der Waals surface area (Å²) in [6, 6.07) is 3.41. The number of carbonyl (C=O) groups is 1. The molecule has 5 nitrogen and oxygen atoms in total. The molecule has 0 bridgehead atoms. The second-order valence-electron chi connectivity index (χ2n) is 6.26. The summed E-state index contributed by atoms with van der Waals surface area (Å²) in [5.74, 6) is -1.35. The second-order valence-corrected chi connectivity index (χ2v) is 6.26. The Morgan fingerprint density at radius 3 is 2.15 bits per heavy atom. The number of hydrogen-bond acceptors (Lipinski definition) is 4. The molecule has 0 fully saturated rings. The van der Waals surface area contributed by atoms with Gasteiger partial charge < -0.3 is 9.84 Å². The minimum atomic E-state index is -5.55. The van der Waals surface area contributed by atoms with E-state index in [1.54, 1.807) is 32.9 Å². The van der Waals surface area contributed by atoms with Crippen LogP contribution in [0.4, 0.5) is 26.3 Å².